The van der Waals surface area contributed by atoms with Gasteiger partial charge in [-0.3, -0.25) is 4.79 Å². The second-order valence-electron chi connectivity index (χ2n) is 7.68. The molecule has 3 aromatic rings. The Morgan fingerprint density at radius 2 is 1.68 bits per heavy atom. The van der Waals surface area contributed by atoms with Crippen molar-refractivity contribution in [2.75, 3.05) is 23.5 Å². The van der Waals surface area contributed by atoms with Crippen molar-refractivity contribution < 1.29 is 9.53 Å². The molecule has 0 aliphatic heterocycles. The summed E-state index contributed by atoms with van der Waals surface area (Å²) in [4.78, 5) is 12.7. The fourth-order valence-corrected chi connectivity index (χ4v) is 4.69. The molecular weight excluding hydrogens is 428 g/mol. The van der Waals surface area contributed by atoms with E-state index in [9.17, 15) is 4.79 Å². The molecule has 8 heteroatoms. The number of benzene rings is 2. The fraction of sp³-hybridized carbons (Fsp3) is 0.348. The first kappa shape index (κ1) is 23.1. The number of ether oxygens (including phenoxy) is 1. The number of thioether (sulfide) groups is 1. The molecule has 2 aromatic carbocycles. The summed E-state index contributed by atoms with van der Waals surface area (Å²) in [6.07, 6.45) is 0. The summed E-state index contributed by atoms with van der Waals surface area (Å²) in [5.41, 5.74) is 4.16. The van der Waals surface area contributed by atoms with Crippen molar-refractivity contribution in [1.29, 1.82) is 0 Å². The zero-order chi connectivity index (χ0) is 22.4. The molecule has 31 heavy (non-hydrogen) atoms. The first-order chi connectivity index (χ1) is 14.9. The predicted octanol–water partition coefficient (Wildman–Crippen LogP) is 6.27. The zero-order valence-electron chi connectivity index (χ0n) is 18.4. The lowest BCUT2D eigenvalue weighted by Crippen LogP contribution is -2.17. The Morgan fingerprint density at radius 3 is 2.26 bits per heavy atom. The smallest absolute Gasteiger partial charge is 0.234 e. The Bertz CT molecular complexity index is 990. The van der Waals surface area contributed by atoms with Crippen molar-refractivity contribution in [3.05, 3.63) is 53.6 Å². The molecule has 1 aromatic heterocycles. The standard InChI is InChI=1S/C23H28N4O2S2/c1-14(2)18-7-6-8-19(15(3)4)21(18)25-20(28)13-30-23-27-26-22(31-23)24-16-9-11-17(29-5)12-10-16/h6-12,14-15H,13H2,1-5H3,(H,24,26)(H,25,28). The number of anilines is 3. The van der Waals surface area contributed by atoms with E-state index in [1.165, 1.54) is 23.1 Å². The number of carbonyl (C=O) groups excluding carboxylic acids is 1. The molecule has 6 nitrogen and oxygen atoms in total. The van der Waals surface area contributed by atoms with Crippen molar-refractivity contribution in [2.24, 2.45) is 0 Å². The Kier molecular flexibility index (Phi) is 7.92. The van der Waals surface area contributed by atoms with Crippen LogP contribution in [0.3, 0.4) is 0 Å². The number of nitrogens with zero attached hydrogens (tertiary/aromatic N) is 2. The monoisotopic (exact) mass is 456 g/mol. The van der Waals surface area contributed by atoms with E-state index in [-0.39, 0.29) is 11.7 Å². The van der Waals surface area contributed by atoms with Gasteiger partial charge in [-0.2, -0.15) is 0 Å². The third-order valence-electron chi connectivity index (χ3n) is 4.71. The summed E-state index contributed by atoms with van der Waals surface area (Å²) < 4.78 is 5.91. The third-order valence-corrected chi connectivity index (χ3v) is 6.68. The molecule has 0 fully saturated rings. The van der Waals surface area contributed by atoms with Gasteiger partial charge in [0, 0.05) is 11.4 Å². The number of nitrogens with one attached hydrogen (secondary N) is 2. The number of para-hydroxylation sites is 1. The minimum atomic E-state index is -0.0418. The highest BCUT2D eigenvalue weighted by atomic mass is 32.2. The van der Waals surface area contributed by atoms with Gasteiger partial charge in [0.15, 0.2) is 4.34 Å². The van der Waals surface area contributed by atoms with Crippen LogP contribution < -0.4 is 15.4 Å². The van der Waals surface area contributed by atoms with Gasteiger partial charge >= 0.3 is 0 Å². The summed E-state index contributed by atoms with van der Waals surface area (Å²) in [5, 5.41) is 15.4. The van der Waals surface area contributed by atoms with Crippen molar-refractivity contribution in [3.63, 3.8) is 0 Å². The van der Waals surface area contributed by atoms with Crippen molar-refractivity contribution >= 4 is 45.5 Å². The van der Waals surface area contributed by atoms with Crippen molar-refractivity contribution in [3.8, 4) is 5.75 Å². The first-order valence-electron chi connectivity index (χ1n) is 10.2. The van der Waals surface area contributed by atoms with Gasteiger partial charge < -0.3 is 15.4 Å². The molecule has 0 spiro atoms. The molecule has 1 heterocycles. The van der Waals surface area contributed by atoms with Gasteiger partial charge in [0.1, 0.15) is 5.75 Å². The second kappa shape index (κ2) is 10.6. The van der Waals surface area contributed by atoms with Crippen LogP contribution in [0.25, 0.3) is 0 Å². The molecule has 0 atom stereocenters. The Balaban J connectivity index is 1.60. The average molecular weight is 457 g/mol. The molecule has 0 saturated carbocycles. The predicted molar refractivity (Wildman–Crippen MR) is 130 cm³/mol. The molecule has 1 amide bonds. The van der Waals surface area contributed by atoms with Gasteiger partial charge in [-0.1, -0.05) is 69.0 Å². The number of carbonyl (C=O) groups is 1. The third kappa shape index (κ3) is 6.21. The minimum Gasteiger partial charge on any atom is -0.497 e. The van der Waals surface area contributed by atoms with E-state index in [1.54, 1.807) is 7.11 Å². The number of hydrogen-bond donors (Lipinski definition) is 2. The Hall–Kier alpha value is -2.58. The van der Waals surface area contributed by atoms with Gasteiger partial charge in [-0.25, -0.2) is 0 Å². The number of hydrogen-bond acceptors (Lipinski definition) is 7. The van der Waals surface area contributed by atoms with Crippen LogP contribution in [0.15, 0.2) is 46.8 Å². The van der Waals surface area contributed by atoms with Crippen molar-refractivity contribution in [2.45, 2.75) is 43.9 Å². The van der Waals surface area contributed by atoms with Crippen LogP contribution in [-0.4, -0.2) is 29.0 Å². The topological polar surface area (TPSA) is 76.1 Å². The zero-order valence-corrected chi connectivity index (χ0v) is 20.1. The summed E-state index contributed by atoms with van der Waals surface area (Å²) in [6, 6.07) is 13.8. The maximum Gasteiger partial charge on any atom is 0.234 e. The highest BCUT2D eigenvalue weighted by Crippen LogP contribution is 2.33. The van der Waals surface area contributed by atoms with E-state index < -0.39 is 0 Å². The highest BCUT2D eigenvalue weighted by Gasteiger charge is 2.16. The number of methoxy groups -OCH3 is 1. The van der Waals surface area contributed by atoms with Gasteiger partial charge in [-0.05, 0) is 47.2 Å². The normalized spacial score (nSPS) is 11.1. The lowest BCUT2D eigenvalue weighted by atomic mass is 9.92. The Labute approximate surface area is 191 Å². The summed E-state index contributed by atoms with van der Waals surface area (Å²) in [7, 11) is 1.64. The molecular formula is C23H28N4O2S2. The largest absolute Gasteiger partial charge is 0.497 e. The summed E-state index contributed by atoms with van der Waals surface area (Å²) >= 11 is 2.81. The van der Waals surface area contributed by atoms with Crippen LogP contribution in [0.4, 0.5) is 16.5 Å². The van der Waals surface area contributed by atoms with E-state index in [4.69, 9.17) is 4.74 Å². The summed E-state index contributed by atoms with van der Waals surface area (Å²) in [6.45, 7) is 8.57. The molecule has 0 radical (unpaired) electrons. The van der Waals surface area contributed by atoms with Crippen LogP contribution in [0.1, 0.15) is 50.7 Å². The van der Waals surface area contributed by atoms with Gasteiger partial charge in [0.25, 0.3) is 0 Å². The van der Waals surface area contributed by atoms with Crippen LogP contribution in [0, 0.1) is 0 Å². The second-order valence-corrected chi connectivity index (χ2v) is 9.88. The molecule has 0 aliphatic rings. The molecule has 0 bridgehead atoms. The van der Waals surface area contributed by atoms with Gasteiger partial charge in [0.05, 0.1) is 12.9 Å². The lowest BCUT2D eigenvalue weighted by Gasteiger charge is -2.20. The first-order valence-corrected chi connectivity index (χ1v) is 12.0. The number of aromatic nitrogens is 2. The van der Waals surface area contributed by atoms with E-state index in [0.717, 1.165) is 32.6 Å². The SMILES string of the molecule is COc1ccc(Nc2nnc(SCC(=O)Nc3c(C(C)C)cccc3C(C)C)s2)cc1. The molecule has 0 aliphatic carbocycles. The maximum absolute atomic E-state index is 12.7. The Morgan fingerprint density at radius 1 is 1.03 bits per heavy atom. The molecule has 0 saturated heterocycles. The number of rotatable bonds is 9. The average Bonchev–Trinajstić information content (AvgIpc) is 3.20. The highest BCUT2D eigenvalue weighted by molar-refractivity contribution is 8.01. The van der Waals surface area contributed by atoms with E-state index in [2.05, 4.69) is 66.7 Å². The van der Waals surface area contributed by atoms with Crippen molar-refractivity contribution in [1.82, 2.24) is 10.2 Å². The van der Waals surface area contributed by atoms with Crippen LogP contribution in [0.5, 0.6) is 5.75 Å². The van der Waals surface area contributed by atoms with Crippen LogP contribution in [0.2, 0.25) is 0 Å². The van der Waals surface area contributed by atoms with Gasteiger partial charge in [0.2, 0.25) is 11.0 Å². The minimum absolute atomic E-state index is 0.0418. The number of amides is 1. The molecule has 0 unspecified atom stereocenters. The molecule has 164 valence electrons. The van der Waals surface area contributed by atoms with E-state index in [1.807, 2.05) is 24.3 Å². The van der Waals surface area contributed by atoms with Crippen LogP contribution >= 0.6 is 23.1 Å². The van der Waals surface area contributed by atoms with E-state index >= 15 is 0 Å². The molecule has 2 N–H and O–H groups in total. The maximum atomic E-state index is 12.7. The van der Waals surface area contributed by atoms with E-state index in [0.29, 0.717) is 17.0 Å². The van der Waals surface area contributed by atoms with Crippen LogP contribution in [-0.2, 0) is 4.79 Å². The van der Waals surface area contributed by atoms with Gasteiger partial charge in [-0.15, -0.1) is 10.2 Å². The molecule has 3 rings (SSSR count). The summed E-state index contributed by atoms with van der Waals surface area (Å²) in [5.74, 6) is 1.69. The fourth-order valence-electron chi connectivity index (χ4n) is 3.11. The lowest BCUT2D eigenvalue weighted by molar-refractivity contribution is -0.113. The quantitative estimate of drug-likeness (QED) is 0.370.